The maximum absolute atomic E-state index is 9.27. The molecule has 1 N–H and O–H groups in total. The van der Waals surface area contributed by atoms with Crippen LogP contribution in [0.15, 0.2) is 30.3 Å². The summed E-state index contributed by atoms with van der Waals surface area (Å²) in [6.45, 7) is 0.717. The zero-order chi connectivity index (χ0) is 14.2. The summed E-state index contributed by atoms with van der Waals surface area (Å²) >= 11 is 0. The molecule has 4 rings (SSSR count). The van der Waals surface area contributed by atoms with Crippen LogP contribution in [0.3, 0.4) is 0 Å². The van der Waals surface area contributed by atoms with Crippen molar-refractivity contribution in [2.45, 2.75) is 25.2 Å². The molecule has 1 aliphatic heterocycles. The second kappa shape index (κ2) is 4.78. The number of aromatic nitrogens is 1. The van der Waals surface area contributed by atoms with Gasteiger partial charge >= 0.3 is 0 Å². The highest BCUT2D eigenvalue weighted by atomic mass is 16.5. The number of ether oxygens (including phenoxy) is 1. The van der Waals surface area contributed by atoms with E-state index in [2.05, 4.69) is 22.4 Å². The average molecular weight is 277 g/mol. The lowest BCUT2D eigenvalue weighted by Crippen LogP contribution is -2.01. The SMILES string of the molecule is N#Cc1ccc(C2CC2)nc1Nc1cccc2c1OCC2. The van der Waals surface area contributed by atoms with Gasteiger partial charge in [-0.05, 0) is 36.6 Å². The fourth-order valence-corrected chi connectivity index (χ4v) is 2.71. The highest BCUT2D eigenvalue weighted by molar-refractivity contribution is 5.70. The lowest BCUT2D eigenvalue weighted by Gasteiger charge is -2.12. The van der Waals surface area contributed by atoms with E-state index >= 15 is 0 Å². The maximum atomic E-state index is 9.27. The highest BCUT2D eigenvalue weighted by Crippen LogP contribution is 2.40. The molecular weight excluding hydrogens is 262 g/mol. The third kappa shape index (κ3) is 2.21. The Labute approximate surface area is 123 Å². The van der Waals surface area contributed by atoms with Crippen LogP contribution < -0.4 is 10.1 Å². The molecule has 0 amide bonds. The van der Waals surface area contributed by atoms with Gasteiger partial charge < -0.3 is 10.1 Å². The van der Waals surface area contributed by atoms with Crippen molar-refractivity contribution in [3.8, 4) is 11.8 Å². The van der Waals surface area contributed by atoms with Gasteiger partial charge in [0.05, 0.1) is 17.9 Å². The smallest absolute Gasteiger partial charge is 0.148 e. The number of anilines is 2. The zero-order valence-corrected chi connectivity index (χ0v) is 11.6. The van der Waals surface area contributed by atoms with Crippen molar-refractivity contribution < 1.29 is 4.74 Å². The standard InChI is InChI=1S/C17H15N3O/c18-10-13-6-7-14(11-4-5-11)19-17(13)20-15-3-1-2-12-8-9-21-16(12)15/h1-3,6-7,11H,4-5,8-9H2,(H,19,20). The molecule has 0 atom stereocenters. The first kappa shape index (κ1) is 12.2. The van der Waals surface area contributed by atoms with Crippen molar-refractivity contribution in [2.24, 2.45) is 0 Å². The van der Waals surface area contributed by atoms with E-state index in [4.69, 9.17) is 4.74 Å². The molecule has 4 nitrogen and oxygen atoms in total. The predicted molar refractivity (Wildman–Crippen MR) is 79.9 cm³/mol. The average Bonchev–Trinajstić information content (AvgIpc) is 3.25. The van der Waals surface area contributed by atoms with E-state index in [9.17, 15) is 5.26 Å². The Morgan fingerprint density at radius 2 is 2.14 bits per heavy atom. The van der Waals surface area contributed by atoms with Crippen LogP contribution in [-0.2, 0) is 6.42 Å². The molecule has 2 heterocycles. The highest BCUT2D eigenvalue weighted by Gasteiger charge is 2.26. The molecule has 2 aromatic rings. The van der Waals surface area contributed by atoms with Crippen molar-refractivity contribution in [1.29, 1.82) is 5.26 Å². The van der Waals surface area contributed by atoms with Crippen LogP contribution in [0.4, 0.5) is 11.5 Å². The van der Waals surface area contributed by atoms with Gasteiger partial charge in [-0.15, -0.1) is 0 Å². The van der Waals surface area contributed by atoms with Crippen LogP contribution in [0.1, 0.15) is 35.6 Å². The summed E-state index contributed by atoms with van der Waals surface area (Å²) in [4.78, 5) is 4.64. The number of fused-ring (bicyclic) bond motifs is 1. The summed E-state index contributed by atoms with van der Waals surface area (Å²) in [7, 11) is 0. The van der Waals surface area contributed by atoms with Crippen molar-refractivity contribution in [3.05, 3.63) is 47.2 Å². The largest absolute Gasteiger partial charge is 0.491 e. The molecule has 0 bridgehead atoms. The Balaban J connectivity index is 1.72. The van der Waals surface area contributed by atoms with Crippen LogP contribution in [-0.4, -0.2) is 11.6 Å². The van der Waals surface area contributed by atoms with Gasteiger partial charge in [0.25, 0.3) is 0 Å². The van der Waals surface area contributed by atoms with Gasteiger partial charge in [-0.2, -0.15) is 5.26 Å². The quantitative estimate of drug-likeness (QED) is 0.932. The zero-order valence-electron chi connectivity index (χ0n) is 11.6. The lowest BCUT2D eigenvalue weighted by molar-refractivity contribution is 0.358. The molecule has 21 heavy (non-hydrogen) atoms. The van der Waals surface area contributed by atoms with Crippen molar-refractivity contribution in [2.75, 3.05) is 11.9 Å². The molecule has 2 aliphatic rings. The number of hydrogen-bond acceptors (Lipinski definition) is 4. The Kier molecular flexibility index (Phi) is 2.78. The number of hydrogen-bond donors (Lipinski definition) is 1. The van der Waals surface area contributed by atoms with E-state index in [1.165, 1.54) is 18.4 Å². The normalized spacial score (nSPS) is 16.0. The van der Waals surface area contributed by atoms with Crippen LogP contribution in [0.5, 0.6) is 5.75 Å². The van der Waals surface area contributed by atoms with Crippen molar-refractivity contribution >= 4 is 11.5 Å². The van der Waals surface area contributed by atoms with Gasteiger partial charge in [0.2, 0.25) is 0 Å². The molecule has 4 heteroatoms. The molecule has 1 aromatic heterocycles. The Morgan fingerprint density at radius 3 is 2.95 bits per heavy atom. The second-order valence-electron chi connectivity index (χ2n) is 5.54. The predicted octanol–water partition coefficient (Wildman–Crippen LogP) is 3.51. The number of rotatable bonds is 3. The van der Waals surface area contributed by atoms with E-state index in [0.717, 1.165) is 23.6 Å². The minimum atomic E-state index is 0.565. The number of para-hydroxylation sites is 1. The van der Waals surface area contributed by atoms with E-state index < -0.39 is 0 Å². The monoisotopic (exact) mass is 277 g/mol. The molecule has 0 radical (unpaired) electrons. The minimum absolute atomic E-state index is 0.565. The first-order valence-electron chi connectivity index (χ1n) is 7.28. The fraction of sp³-hybridized carbons (Fsp3) is 0.294. The maximum Gasteiger partial charge on any atom is 0.148 e. The van der Waals surface area contributed by atoms with E-state index in [0.29, 0.717) is 23.9 Å². The summed E-state index contributed by atoms with van der Waals surface area (Å²) in [6.07, 6.45) is 3.33. The number of benzene rings is 1. The van der Waals surface area contributed by atoms with Gasteiger partial charge in [0, 0.05) is 18.0 Å². The number of nitrogens with one attached hydrogen (secondary N) is 1. The van der Waals surface area contributed by atoms with Crippen LogP contribution in [0, 0.1) is 11.3 Å². The van der Waals surface area contributed by atoms with Gasteiger partial charge in [-0.3, -0.25) is 0 Å². The van der Waals surface area contributed by atoms with Crippen LogP contribution in [0.2, 0.25) is 0 Å². The van der Waals surface area contributed by atoms with Crippen LogP contribution in [0.25, 0.3) is 0 Å². The molecule has 0 saturated heterocycles. The van der Waals surface area contributed by atoms with E-state index in [1.54, 1.807) is 0 Å². The molecule has 0 spiro atoms. The summed E-state index contributed by atoms with van der Waals surface area (Å²) in [5.41, 5.74) is 3.73. The number of nitrogens with zero attached hydrogens (tertiary/aromatic N) is 2. The Hall–Kier alpha value is -2.54. The molecule has 104 valence electrons. The Bertz CT molecular complexity index is 744. The van der Waals surface area contributed by atoms with Crippen molar-refractivity contribution in [1.82, 2.24) is 4.98 Å². The van der Waals surface area contributed by atoms with Gasteiger partial charge in [-0.25, -0.2) is 4.98 Å². The second-order valence-corrected chi connectivity index (χ2v) is 5.54. The van der Waals surface area contributed by atoms with Gasteiger partial charge in [-0.1, -0.05) is 12.1 Å². The molecule has 0 unspecified atom stereocenters. The molecule has 1 aromatic carbocycles. The molecule has 1 saturated carbocycles. The minimum Gasteiger partial charge on any atom is -0.491 e. The fourth-order valence-electron chi connectivity index (χ4n) is 2.71. The third-order valence-corrected chi connectivity index (χ3v) is 4.00. The first-order chi connectivity index (χ1) is 10.3. The first-order valence-corrected chi connectivity index (χ1v) is 7.28. The Morgan fingerprint density at radius 1 is 1.24 bits per heavy atom. The van der Waals surface area contributed by atoms with Crippen molar-refractivity contribution in [3.63, 3.8) is 0 Å². The summed E-state index contributed by atoms with van der Waals surface area (Å²) in [5.74, 6) is 2.09. The third-order valence-electron chi connectivity index (χ3n) is 4.00. The molecule has 1 fully saturated rings. The molecule has 1 aliphatic carbocycles. The van der Waals surface area contributed by atoms with Gasteiger partial charge in [0.15, 0.2) is 0 Å². The number of pyridine rings is 1. The topological polar surface area (TPSA) is 57.9 Å². The summed E-state index contributed by atoms with van der Waals surface area (Å²) < 4.78 is 5.69. The summed E-state index contributed by atoms with van der Waals surface area (Å²) in [5, 5.41) is 12.6. The summed E-state index contributed by atoms with van der Waals surface area (Å²) in [6, 6.07) is 12.1. The van der Waals surface area contributed by atoms with E-state index in [1.807, 2.05) is 24.3 Å². The van der Waals surface area contributed by atoms with Crippen LogP contribution >= 0.6 is 0 Å². The van der Waals surface area contributed by atoms with E-state index in [-0.39, 0.29) is 0 Å². The molecular formula is C17H15N3O. The lowest BCUT2D eigenvalue weighted by atomic mass is 10.1. The number of nitriles is 1. The van der Waals surface area contributed by atoms with Gasteiger partial charge in [0.1, 0.15) is 17.6 Å².